The van der Waals surface area contributed by atoms with Gasteiger partial charge in [-0.2, -0.15) is 0 Å². The Bertz CT molecular complexity index is 3860. The number of anilines is 8. The first-order valence-electron chi connectivity index (χ1n) is 29.3. The molecule has 3 nitrogen and oxygen atoms in total. The van der Waals surface area contributed by atoms with Gasteiger partial charge in [-0.25, -0.2) is 0 Å². The van der Waals surface area contributed by atoms with Crippen molar-refractivity contribution < 1.29 is 0 Å². The highest BCUT2D eigenvalue weighted by molar-refractivity contribution is 7.27. The van der Waals surface area contributed by atoms with E-state index in [-0.39, 0.29) is 33.9 Å². The predicted octanol–water partition coefficient (Wildman–Crippen LogP) is 14.8. The number of nitrogens with zero attached hydrogens (tertiary/aromatic N) is 3. The van der Waals surface area contributed by atoms with Gasteiger partial charge in [-0.1, -0.05) is 234 Å². The Morgan fingerprint density at radius 1 is 0.405 bits per heavy atom. The maximum atomic E-state index is 2.84. The van der Waals surface area contributed by atoms with Crippen LogP contribution in [0.4, 0.5) is 45.5 Å². The largest absolute Gasteiger partial charge is 0.334 e. The van der Waals surface area contributed by atoms with Crippen molar-refractivity contribution in [1.82, 2.24) is 0 Å². The van der Waals surface area contributed by atoms with Gasteiger partial charge in [0.25, 0.3) is 6.71 Å². The highest BCUT2D eigenvalue weighted by Gasteiger charge is 2.60. The molecule has 4 aliphatic heterocycles. The molecule has 0 bridgehead atoms. The van der Waals surface area contributed by atoms with Crippen LogP contribution in [0.25, 0.3) is 11.1 Å². The van der Waals surface area contributed by atoms with E-state index in [2.05, 4.69) is 291 Å². The molecular formula is C74H74BN3Si. The van der Waals surface area contributed by atoms with Crippen LogP contribution in [0.5, 0.6) is 0 Å². The average molecular weight is 1040 g/mol. The van der Waals surface area contributed by atoms with E-state index in [1.165, 1.54) is 135 Å². The van der Waals surface area contributed by atoms with E-state index in [4.69, 9.17) is 0 Å². The van der Waals surface area contributed by atoms with Crippen molar-refractivity contribution in [2.75, 3.05) is 14.7 Å². The smallest absolute Gasteiger partial charge is 0.251 e. The molecule has 1 aliphatic carbocycles. The Hall–Kier alpha value is -7.34. The number of benzene rings is 9. The third kappa shape index (κ3) is 7.10. The Kier molecular flexibility index (Phi) is 11.0. The summed E-state index contributed by atoms with van der Waals surface area (Å²) in [5, 5.41) is 5.78. The van der Waals surface area contributed by atoms with Crippen LogP contribution in [0, 0.1) is 0 Å². The quantitative estimate of drug-likeness (QED) is 0.154. The molecule has 392 valence electrons. The molecule has 0 aromatic heterocycles. The van der Waals surface area contributed by atoms with Crippen molar-refractivity contribution in [3.05, 3.63) is 222 Å². The first kappa shape index (κ1) is 49.9. The molecule has 9 aromatic rings. The molecule has 0 N–H and O–H groups in total. The molecule has 79 heavy (non-hydrogen) atoms. The van der Waals surface area contributed by atoms with Gasteiger partial charge in [-0.15, -0.1) is 0 Å². The zero-order valence-corrected chi connectivity index (χ0v) is 49.3. The number of hydrogen-bond donors (Lipinski definition) is 0. The maximum Gasteiger partial charge on any atom is 0.251 e. The van der Waals surface area contributed by atoms with Gasteiger partial charge < -0.3 is 14.7 Å². The van der Waals surface area contributed by atoms with Crippen LogP contribution in [0.2, 0.25) is 0 Å². The fourth-order valence-corrected chi connectivity index (χ4v) is 20.8. The molecule has 1 saturated carbocycles. The Morgan fingerprint density at radius 2 is 0.899 bits per heavy atom. The van der Waals surface area contributed by atoms with Gasteiger partial charge in [0.05, 0.1) is 11.2 Å². The summed E-state index contributed by atoms with van der Waals surface area (Å²) in [6.45, 7) is 26.2. The normalized spacial score (nSPS) is 19.5. The van der Waals surface area contributed by atoms with Gasteiger partial charge in [0.2, 0.25) is 0 Å². The molecule has 9 aromatic carbocycles. The summed E-state index contributed by atoms with van der Waals surface area (Å²) in [6, 6.07) is 79.1. The fourth-order valence-electron chi connectivity index (χ4n) is 15.5. The molecule has 0 saturated heterocycles. The van der Waals surface area contributed by atoms with E-state index < -0.39 is 8.07 Å². The molecule has 1 fully saturated rings. The van der Waals surface area contributed by atoms with Crippen LogP contribution < -0.4 is 51.8 Å². The number of fused-ring (bicyclic) bond motifs is 3. The minimum absolute atomic E-state index is 0.00620. The van der Waals surface area contributed by atoms with Gasteiger partial charge in [0, 0.05) is 50.8 Å². The summed E-state index contributed by atoms with van der Waals surface area (Å²) in [4.78, 5) is 8.25. The lowest BCUT2D eigenvalue weighted by atomic mass is 9.33. The van der Waals surface area contributed by atoms with Gasteiger partial charge in [-0.3, -0.25) is 0 Å². The van der Waals surface area contributed by atoms with Crippen molar-refractivity contribution in [1.29, 1.82) is 0 Å². The standard InChI is InChI=1S/C74H74BN3Si/c1-70(2,3)50-36-34-49(35-37-50)57-28-18-19-29-59(57)77-62-31-23-33-66-69(62)75-67-63(47-54(48-64(67)77)78-60-43-40-52(72(7,8)9)46-58(60)73(10)44-20-21-45-74(73,78)11)76(53-41-38-51(39-42-53)71(4,5)6)61-30-22-32-65(68(61)75)79(66,55-24-14-12-15-25-55)56-26-16-13-17-27-56/h12-19,22-43,46-48H,20-21,44-45H2,1-11H3. The van der Waals surface area contributed by atoms with E-state index >= 15 is 0 Å². The topological polar surface area (TPSA) is 9.72 Å². The SMILES string of the molecule is CC(C)(C)c1ccc(-c2ccccc2N2c3cc(N4c5ccc(C(C)(C)C)cc5C5(C)CCCCC45C)cc4c3B3c5c(cccc5[Si](c5ccccc5)(c5ccccc5)c5cccc2c53)N4c2ccc(C(C)(C)C)cc2)cc1. The number of para-hydroxylation sites is 1. The molecule has 14 rings (SSSR count). The third-order valence-electron chi connectivity index (χ3n) is 19.8. The number of hydrogen-bond acceptors (Lipinski definition) is 3. The van der Waals surface area contributed by atoms with Crippen LogP contribution in [0.3, 0.4) is 0 Å². The van der Waals surface area contributed by atoms with E-state index in [0.717, 1.165) is 6.42 Å². The Morgan fingerprint density at radius 3 is 1.48 bits per heavy atom. The van der Waals surface area contributed by atoms with E-state index in [0.29, 0.717) is 0 Å². The second-order valence-electron chi connectivity index (χ2n) is 27.2. The molecule has 0 spiro atoms. The van der Waals surface area contributed by atoms with Crippen LogP contribution in [0.15, 0.2) is 200 Å². The monoisotopic (exact) mass is 1040 g/mol. The maximum absolute atomic E-state index is 3.04. The molecule has 0 amide bonds. The lowest BCUT2D eigenvalue weighted by molar-refractivity contribution is 0.195. The van der Waals surface area contributed by atoms with Crippen LogP contribution in [-0.4, -0.2) is 20.3 Å². The van der Waals surface area contributed by atoms with Crippen molar-refractivity contribution in [2.24, 2.45) is 0 Å². The van der Waals surface area contributed by atoms with Gasteiger partial charge in [0.15, 0.2) is 8.07 Å². The zero-order chi connectivity index (χ0) is 54.6. The summed E-state index contributed by atoms with van der Waals surface area (Å²) >= 11 is 0. The minimum Gasteiger partial charge on any atom is -0.334 e. The van der Waals surface area contributed by atoms with Gasteiger partial charge in [-0.05, 0) is 149 Å². The Balaban J connectivity index is 1.14. The summed E-state index contributed by atoms with van der Waals surface area (Å²) in [6.07, 6.45) is 4.74. The molecule has 4 heterocycles. The summed E-state index contributed by atoms with van der Waals surface area (Å²) < 4.78 is 0. The van der Waals surface area contributed by atoms with Crippen molar-refractivity contribution in [3.8, 4) is 11.1 Å². The lowest BCUT2D eigenvalue weighted by Gasteiger charge is -2.53. The number of rotatable bonds is 6. The predicted molar refractivity (Wildman–Crippen MR) is 342 cm³/mol. The molecule has 0 radical (unpaired) electrons. The van der Waals surface area contributed by atoms with Gasteiger partial charge in [0.1, 0.15) is 0 Å². The summed E-state index contributed by atoms with van der Waals surface area (Å²) in [5.41, 5.74) is 22.2. The van der Waals surface area contributed by atoms with E-state index in [1.54, 1.807) is 0 Å². The van der Waals surface area contributed by atoms with Crippen LogP contribution >= 0.6 is 0 Å². The van der Waals surface area contributed by atoms with Crippen LogP contribution in [-0.2, 0) is 21.7 Å². The van der Waals surface area contributed by atoms with Crippen molar-refractivity contribution in [3.63, 3.8) is 0 Å². The van der Waals surface area contributed by atoms with Crippen LogP contribution in [0.1, 0.15) is 124 Å². The van der Waals surface area contributed by atoms with Gasteiger partial charge >= 0.3 is 0 Å². The lowest BCUT2D eigenvalue weighted by Crippen LogP contribution is -2.88. The first-order chi connectivity index (χ1) is 37.8. The summed E-state index contributed by atoms with van der Waals surface area (Å²) in [7, 11) is -3.04. The zero-order valence-electron chi connectivity index (χ0n) is 48.3. The Labute approximate surface area is 472 Å². The highest BCUT2D eigenvalue weighted by atomic mass is 28.3. The third-order valence-corrected chi connectivity index (χ3v) is 24.7. The fraction of sp³-hybridized carbons (Fsp3) is 0.270. The molecule has 5 heteroatoms. The second kappa shape index (κ2) is 17.3. The van der Waals surface area contributed by atoms with Crippen molar-refractivity contribution in [2.45, 2.75) is 129 Å². The molecular weight excluding hydrogens is 970 g/mol. The van der Waals surface area contributed by atoms with Crippen molar-refractivity contribution >= 4 is 97.4 Å². The molecule has 2 unspecified atom stereocenters. The first-order valence-corrected chi connectivity index (χ1v) is 31.3. The minimum atomic E-state index is -3.04. The van der Waals surface area contributed by atoms with E-state index in [1.807, 2.05) is 0 Å². The summed E-state index contributed by atoms with van der Waals surface area (Å²) in [5.74, 6) is 0. The molecule has 2 atom stereocenters. The second-order valence-corrected chi connectivity index (χ2v) is 31.0. The van der Waals surface area contributed by atoms with E-state index in [9.17, 15) is 0 Å². The average Bonchev–Trinajstić information content (AvgIpc) is 1.91. The highest BCUT2D eigenvalue weighted by Crippen LogP contribution is 2.62. The molecule has 5 aliphatic rings.